The third-order valence-electron chi connectivity index (χ3n) is 3.38. The van der Waals surface area contributed by atoms with Gasteiger partial charge in [0.25, 0.3) is 5.56 Å². The van der Waals surface area contributed by atoms with Crippen molar-refractivity contribution in [3.63, 3.8) is 0 Å². The van der Waals surface area contributed by atoms with E-state index in [0.29, 0.717) is 23.2 Å². The number of aromatic nitrogens is 5. The predicted molar refractivity (Wildman–Crippen MR) is 77.3 cm³/mol. The summed E-state index contributed by atoms with van der Waals surface area (Å²) >= 11 is 0. The first-order valence-electron chi connectivity index (χ1n) is 6.56. The second-order valence-electron chi connectivity index (χ2n) is 4.81. The molecule has 21 heavy (non-hydrogen) atoms. The Labute approximate surface area is 120 Å². The van der Waals surface area contributed by atoms with Crippen LogP contribution in [0.15, 0.2) is 42.0 Å². The topological polar surface area (TPSA) is 74.8 Å². The van der Waals surface area contributed by atoms with Crippen molar-refractivity contribution < 1.29 is 4.74 Å². The number of ether oxygens (including phenoxy) is 1. The van der Waals surface area contributed by atoms with Crippen molar-refractivity contribution in [3.8, 4) is 5.75 Å². The monoisotopic (exact) mass is 285 g/mol. The molecule has 0 bridgehead atoms. The van der Waals surface area contributed by atoms with E-state index in [1.165, 1.54) is 6.33 Å². The maximum absolute atomic E-state index is 12.6. The summed E-state index contributed by atoms with van der Waals surface area (Å²) in [5.41, 5.74) is 0.566. The highest BCUT2D eigenvalue weighted by molar-refractivity contribution is 5.78. The van der Waals surface area contributed by atoms with E-state index in [1.807, 2.05) is 6.92 Å². The molecule has 0 radical (unpaired) electrons. The lowest BCUT2D eigenvalue weighted by Crippen LogP contribution is -2.26. The minimum Gasteiger partial charge on any atom is -0.497 e. The molecule has 7 nitrogen and oxygen atoms in total. The Morgan fingerprint density at radius 2 is 2.19 bits per heavy atom. The Kier molecular flexibility index (Phi) is 3.39. The van der Waals surface area contributed by atoms with Crippen LogP contribution >= 0.6 is 0 Å². The summed E-state index contributed by atoms with van der Waals surface area (Å²) in [7, 11) is 1.57. The first-order chi connectivity index (χ1) is 10.2. The number of fused-ring (bicyclic) bond motifs is 1. The molecule has 7 heteroatoms. The zero-order valence-electron chi connectivity index (χ0n) is 11.8. The van der Waals surface area contributed by atoms with Gasteiger partial charge in [0.1, 0.15) is 18.4 Å². The molecular formula is C14H15N5O2. The fourth-order valence-electron chi connectivity index (χ4n) is 2.24. The number of benzene rings is 1. The van der Waals surface area contributed by atoms with Gasteiger partial charge in [0.05, 0.1) is 36.9 Å². The van der Waals surface area contributed by atoms with Gasteiger partial charge in [0, 0.05) is 0 Å². The zero-order chi connectivity index (χ0) is 14.8. The molecule has 3 aromatic rings. The van der Waals surface area contributed by atoms with Gasteiger partial charge in [0.15, 0.2) is 0 Å². The molecular weight excluding hydrogens is 270 g/mol. The molecule has 0 fully saturated rings. The van der Waals surface area contributed by atoms with E-state index in [9.17, 15) is 4.79 Å². The van der Waals surface area contributed by atoms with Crippen molar-refractivity contribution in [2.24, 2.45) is 0 Å². The molecule has 108 valence electrons. The maximum Gasteiger partial charge on any atom is 0.261 e. The highest BCUT2D eigenvalue weighted by atomic mass is 16.5. The van der Waals surface area contributed by atoms with Gasteiger partial charge in [-0.1, -0.05) is 0 Å². The molecule has 0 aliphatic carbocycles. The molecule has 1 atom stereocenters. The Hall–Kier alpha value is -2.70. The Morgan fingerprint density at radius 1 is 1.33 bits per heavy atom. The molecule has 0 saturated carbocycles. The second kappa shape index (κ2) is 5.35. The maximum atomic E-state index is 12.6. The number of hydrogen-bond acceptors (Lipinski definition) is 5. The van der Waals surface area contributed by atoms with Gasteiger partial charge >= 0.3 is 0 Å². The van der Waals surface area contributed by atoms with E-state index in [0.717, 1.165) is 0 Å². The summed E-state index contributed by atoms with van der Waals surface area (Å²) in [6, 6.07) is 5.20. The Morgan fingerprint density at radius 3 is 2.90 bits per heavy atom. The third kappa shape index (κ3) is 2.49. The highest BCUT2D eigenvalue weighted by Gasteiger charge is 2.11. The second-order valence-corrected chi connectivity index (χ2v) is 4.81. The van der Waals surface area contributed by atoms with E-state index in [4.69, 9.17) is 4.74 Å². The van der Waals surface area contributed by atoms with Crippen molar-refractivity contribution in [1.82, 2.24) is 24.3 Å². The normalized spacial score (nSPS) is 12.5. The van der Waals surface area contributed by atoms with E-state index in [1.54, 1.807) is 47.2 Å². The van der Waals surface area contributed by atoms with Gasteiger partial charge < -0.3 is 4.74 Å². The molecule has 1 aromatic carbocycles. The molecule has 0 aliphatic heterocycles. The fourth-order valence-corrected chi connectivity index (χ4v) is 2.24. The lowest BCUT2D eigenvalue weighted by molar-refractivity contribution is 0.414. The summed E-state index contributed by atoms with van der Waals surface area (Å²) in [4.78, 5) is 20.8. The lowest BCUT2D eigenvalue weighted by Gasteiger charge is -2.15. The number of nitrogens with zero attached hydrogens (tertiary/aromatic N) is 5. The van der Waals surface area contributed by atoms with Gasteiger partial charge in [-0.3, -0.25) is 14.0 Å². The number of hydrogen-bond donors (Lipinski definition) is 0. The standard InChI is InChI=1S/C14H15N5O2/c1-10(6-18-8-15-7-17-18)19-9-16-13-4-3-11(21-2)5-12(13)14(19)20/h3-5,7-10H,6H2,1-2H3/t10-/m1/s1. The van der Waals surface area contributed by atoms with Crippen LogP contribution < -0.4 is 10.3 Å². The fraction of sp³-hybridized carbons (Fsp3) is 0.286. The van der Waals surface area contributed by atoms with Crippen LogP contribution in [0.2, 0.25) is 0 Å². The van der Waals surface area contributed by atoms with Crippen molar-refractivity contribution in [3.05, 3.63) is 47.5 Å². The summed E-state index contributed by atoms with van der Waals surface area (Å²) in [5, 5.41) is 4.59. The summed E-state index contributed by atoms with van der Waals surface area (Å²) in [6.45, 7) is 2.49. The molecule has 0 spiro atoms. The number of rotatable bonds is 4. The van der Waals surface area contributed by atoms with Crippen molar-refractivity contribution >= 4 is 10.9 Å². The Balaban J connectivity index is 2.02. The highest BCUT2D eigenvalue weighted by Crippen LogP contribution is 2.16. The van der Waals surface area contributed by atoms with Crippen molar-refractivity contribution in [1.29, 1.82) is 0 Å². The van der Waals surface area contributed by atoms with Crippen LogP contribution in [0.3, 0.4) is 0 Å². The predicted octanol–water partition coefficient (Wildman–Crippen LogP) is 1.26. The average Bonchev–Trinajstić information content (AvgIpc) is 3.00. The first kappa shape index (κ1) is 13.3. The van der Waals surface area contributed by atoms with E-state index in [-0.39, 0.29) is 11.6 Å². The van der Waals surface area contributed by atoms with E-state index in [2.05, 4.69) is 15.1 Å². The smallest absolute Gasteiger partial charge is 0.261 e. The minimum absolute atomic E-state index is 0.0812. The van der Waals surface area contributed by atoms with Crippen LogP contribution in [0.4, 0.5) is 0 Å². The zero-order valence-corrected chi connectivity index (χ0v) is 11.8. The summed E-state index contributed by atoms with van der Waals surface area (Å²) in [6.07, 6.45) is 4.66. The van der Waals surface area contributed by atoms with Crippen molar-refractivity contribution in [2.45, 2.75) is 19.5 Å². The quantitative estimate of drug-likeness (QED) is 0.721. The van der Waals surface area contributed by atoms with Gasteiger partial charge in [0.2, 0.25) is 0 Å². The van der Waals surface area contributed by atoms with E-state index >= 15 is 0 Å². The van der Waals surface area contributed by atoms with Gasteiger partial charge in [-0.25, -0.2) is 9.97 Å². The molecule has 0 saturated heterocycles. The van der Waals surface area contributed by atoms with Crippen LogP contribution in [0.1, 0.15) is 13.0 Å². The molecule has 2 heterocycles. The van der Waals surface area contributed by atoms with Gasteiger partial charge in [-0.2, -0.15) is 5.10 Å². The Bertz CT molecular complexity index is 810. The van der Waals surface area contributed by atoms with Crippen LogP contribution in [0, 0.1) is 0 Å². The summed E-state index contributed by atoms with van der Waals surface area (Å²) in [5.74, 6) is 0.642. The van der Waals surface area contributed by atoms with Gasteiger partial charge in [-0.15, -0.1) is 0 Å². The van der Waals surface area contributed by atoms with Crippen molar-refractivity contribution in [2.75, 3.05) is 7.11 Å². The van der Waals surface area contributed by atoms with Crippen LogP contribution in [0.25, 0.3) is 10.9 Å². The van der Waals surface area contributed by atoms with Crippen LogP contribution in [-0.2, 0) is 6.54 Å². The molecule has 2 aromatic heterocycles. The molecule has 0 amide bonds. The van der Waals surface area contributed by atoms with E-state index < -0.39 is 0 Å². The minimum atomic E-state index is -0.0912. The third-order valence-corrected chi connectivity index (χ3v) is 3.38. The number of methoxy groups -OCH3 is 1. The van der Waals surface area contributed by atoms with Gasteiger partial charge in [-0.05, 0) is 25.1 Å². The van der Waals surface area contributed by atoms with Crippen LogP contribution in [-0.4, -0.2) is 31.4 Å². The summed E-state index contributed by atoms with van der Waals surface area (Å²) < 4.78 is 8.45. The molecule has 3 rings (SSSR count). The largest absolute Gasteiger partial charge is 0.497 e. The molecule has 0 aliphatic rings. The molecule has 0 N–H and O–H groups in total. The first-order valence-corrected chi connectivity index (χ1v) is 6.56. The molecule has 0 unspecified atom stereocenters. The lowest BCUT2D eigenvalue weighted by atomic mass is 10.2. The average molecular weight is 285 g/mol. The van der Waals surface area contributed by atoms with Crippen LogP contribution in [0.5, 0.6) is 5.75 Å². The SMILES string of the molecule is COc1ccc2ncn([C@H](C)Cn3cncn3)c(=O)c2c1.